The van der Waals surface area contributed by atoms with E-state index in [9.17, 15) is 24.3 Å². The summed E-state index contributed by atoms with van der Waals surface area (Å²) in [5, 5.41) is 33.4. The zero-order valence-corrected chi connectivity index (χ0v) is 13.8. The van der Waals surface area contributed by atoms with Crippen molar-refractivity contribution in [2.75, 3.05) is 18.9 Å². The fourth-order valence-corrected chi connectivity index (χ4v) is 1.65. The number of hydrogen-bond donors (Lipinski definition) is 8. The lowest BCUT2D eigenvalue weighted by Gasteiger charge is -2.20. The smallest absolute Gasteiger partial charge is 0.327 e. The first-order valence-electron chi connectivity index (χ1n) is 6.89. The normalized spacial score (nSPS) is 15.5. The number of carboxylic acids is 1. The Morgan fingerprint density at radius 1 is 1.12 bits per heavy atom. The van der Waals surface area contributed by atoms with Crippen LogP contribution in [0.1, 0.15) is 6.92 Å². The third-order valence-corrected chi connectivity index (χ3v) is 3.24. The second-order valence-corrected chi connectivity index (χ2v) is 5.23. The molecule has 0 heterocycles. The van der Waals surface area contributed by atoms with Gasteiger partial charge >= 0.3 is 5.97 Å². The quantitative estimate of drug-likeness (QED) is 0.178. The Balaban J connectivity index is 4.48. The van der Waals surface area contributed by atoms with Crippen LogP contribution >= 0.6 is 12.6 Å². The molecule has 0 saturated heterocycles. The molecule has 11 nitrogen and oxygen atoms in total. The maximum absolute atomic E-state index is 11.8. The Morgan fingerprint density at radius 2 is 1.71 bits per heavy atom. The third kappa shape index (κ3) is 7.59. The summed E-state index contributed by atoms with van der Waals surface area (Å²) in [6.07, 6.45) is -1.16. The summed E-state index contributed by atoms with van der Waals surface area (Å²) < 4.78 is 0. The van der Waals surface area contributed by atoms with E-state index in [0.29, 0.717) is 0 Å². The summed E-state index contributed by atoms with van der Waals surface area (Å²) in [5.74, 6) is -3.94. The number of thiol groups is 1. The van der Waals surface area contributed by atoms with Crippen LogP contribution in [0.5, 0.6) is 0 Å². The molecule has 0 bridgehead atoms. The number of rotatable bonds is 10. The van der Waals surface area contributed by atoms with Gasteiger partial charge in [0, 0.05) is 5.75 Å². The van der Waals surface area contributed by atoms with E-state index in [1.165, 1.54) is 6.92 Å². The van der Waals surface area contributed by atoms with Crippen LogP contribution in [0.15, 0.2) is 0 Å². The standard InChI is InChI=1S/C12H22N4O7S/c1-5(18)9(13)11(21)16-6(3-17)10(20)14-2-8(19)15-7(4-24)12(22)23/h5-7,9,17-18,24H,2-4,13H2,1H3,(H,14,20)(H,15,19)(H,16,21)(H,22,23). The van der Waals surface area contributed by atoms with E-state index in [0.717, 1.165) is 0 Å². The molecule has 8 N–H and O–H groups in total. The number of aliphatic carboxylic acids is 1. The number of carboxylic acid groups (broad SMARTS) is 1. The summed E-state index contributed by atoms with van der Waals surface area (Å²) >= 11 is 3.76. The molecule has 4 atom stereocenters. The summed E-state index contributed by atoms with van der Waals surface area (Å²) in [4.78, 5) is 45.7. The molecule has 0 fully saturated rings. The minimum Gasteiger partial charge on any atom is -0.480 e. The average molecular weight is 366 g/mol. The number of aliphatic hydroxyl groups excluding tert-OH is 2. The zero-order valence-electron chi connectivity index (χ0n) is 12.9. The Hall–Kier alpha value is -1.89. The molecule has 24 heavy (non-hydrogen) atoms. The van der Waals surface area contributed by atoms with Crippen molar-refractivity contribution in [2.24, 2.45) is 5.73 Å². The number of hydrogen-bond acceptors (Lipinski definition) is 8. The summed E-state index contributed by atoms with van der Waals surface area (Å²) in [5.41, 5.74) is 5.38. The molecule has 0 rings (SSSR count). The van der Waals surface area contributed by atoms with Crippen LogP contribution in [0.3, 0.4) is 0 Å². The van der Waals surface area contributed by atoms with Gasteiger partial charge in [-0.3, -0.25) is 14.4 Å². The predicted molar refractivity (Wildman–Crippen MR) is 85.1 cm³/mol. The molecule has 0 spiro atoms. The van der Waals surface area contributed by atoms with Crippen molar-refractivity contribution in [2.45, 2.75) is 31.2 Å². The number of carbonyl (C=O) groups is 4. The van der Waals surface area contributed by atoms with Crippen LogP contribution in [-0.2, 0) is 19.2 Å². The van der Waals surface area contributed by atoms with Gasteiger partial charge in [0.2, 0.25) is 17.7 Å². The van der Waals surface area contributed by atoms with E-state index in [-0.39, 0.29) is 5.75 Å². The first kappa shape index (κ1) is 22.1. The molecule has 0 aliphatic heterocycles. The van der Waals surface area contributed by atoms with E-state index in [2.05, 4.69) is 28.6 Å². The number of nitrogens with two attached hydrogens (primary N) is 1. The Bertz CT molecular complexity index is 474. The van der Waals surface area contributed by atoms with Gasteiger partial charge in [-0.15, -0.1) is 0 Å². The van der Waals surface area contributed by atoms with E-state index in [1.807, 2.05) is 0 Å². The van der Waals surface area contributed by atoms with Gasteiger partial charge in [0.15, 0.2) is 0 Å². The second-order valence-electron chi connectivity index (χ2n) is 4.87. The highest BCUT2D eigenvalue weighted by atomic mass is 32.1. The van der Waals surface area contributed by atoms with Crippen molar-refractivity contribution >= 4 is 36.3 Å². The van der Waals surface area contributed by atoms with Crippen LogP contribution < -0.4 is 21.7 Å². The number of carbonyl (C=O) groups excluding carboxylic acids is 3. The van der Waals surface area contributed by atoms with Gasteiger partial charge in [-0.2, -0.15) is 12.6 Å². The number of aliphatic hydroxyl groups is 2. The lowest BCUT2D eigenvalue weighted by molar-refractivity contribution is -0.141. The monoisotopic (exact) mass is 366 g/mol. The van der Waals surface area contributed by atoms with Crippen molar-refractivity contribution in [3.63, 3.8) is 0 Å². The molecule has 0 aromatic rings. The molecule has 3 amide bonds. The maximum atomic E-state index is 11.8. The summed E-state index contributed by atoms with van der Waals surface area (Å²) in [7, 11) is 0. The fourth-order valence-electron chi connectivity index (χ4n) is 1.40. The van der Waals surface area contributed by atoms with Crippen molar-refractivity contribution in [1.82, 2.24) is 16.0 Å². The van der Waals surface area contributed by atoms with E-state index < -0.39 is 61.1 Å². The van der Waals surface area contributed by atoms with E-state index >= 15 is 0 Å². The highest BCUT2D eigenvalue weighted by Crippen LogP contribution is 1.92. The first-order valence-corrected chi connectivity index (χ1v) is 7.52. The van der Waals surface area contributed by atoms with Crippen molar-refractivity contribution in [1.29, 1.82) is 0 Å². The van der Waals surface area contributed by atoms with Crippen molar-refractivity contribution in [3.05, 3.63) is 0 Å². The molecule has 0 aliphatic rings. The molecule has 0 aliphatic carbocycles. The van der Waals surface area contributed by atoms with Crippen molar-refractivity contribution < 1.29 is 34.5 Å². The highest BCUT2D eigenvalue weighted by molar-refractivity contribution is 7.80. The van der Waals surface area contributed by atoms with Crippen LogP contribution in [0.4, 0.5) is 0 Å². The molecule has 0 aromatic carbocycles. The highest BCUT2D eigenvalue weighted by Gasteiger charge is 2.26. The molecule has 0 aromatic heterocycles. The lowest BCUT2D eigenvalue weighted by atomic mass is 10.1. The zero-order chi connectivity index (χ0) is 18.9. The van der Waals surface area contributed by atoms with Crippen LogP contribution in [-0.4, -0.2) is 82.1 Å². The first-order chi connectivity index (χ1) is 11.1. The van der Waals surface area contributed by atoms with Gasteiger partial charge in [0.1, 0.15) is 18.1 Å². The SMILES string of the molecule is CC(O)C(N)C(=O)NC(CO)C(=O)NCC(=O)NC(CS)C(=O)O. The predicted octanol–water partition coefficient (Wildman–Crippen LogP) is -4.21. The molecule has 0 radical (unpaired) electrons. The molecule has 12 heteroatoms. The molecule has 0 saturated carbocycles. The average Bonchev–Trinajstić information content (AvgIpc) is 2.53. The van der Waals surface area contributed by atoms with Gasteiger partial charge < -0.3 is 37.0 Å². The molecule has 4 unspecified atom stereocenters. The fraction of sp³-hybridized carbons (Fsp3) is 0.667. The van der Waals surface area contributed by atoms with Gasteiger partial charge in [-0.1, -0.05) is 0 Å². The number of amides is 3. The topological polar surface area (TPSA) is 191 Å². The maximum Gasteiger partial charge on any atom is 0.327 e. The Labute approximate surface area is 143 Å². The van der Waals surface area contributed by atoms with Crippen LogP contribution in [0.2, 0.25) is 0 Å². The van der Waals surface area contributed by atoms with Crippen LogP contribution in [0, 0.1) is 0 Å². The largest absolute Gasteiger partial charge is 0.480 e. The lowest BCUT2D eigenvalue weighted by Crippen LogP contribution is -2.56. The van der Waals surface area contributed by atoms with Gasteiger partial charge in [0.25, 0.3) is 0 Å². The van der Waals surface area contributed by atoms with Crippen molar-refractivity contribution in [3.8, 4) is 0 Å². The molecular formula is C12H22N4O7S. The second kappa shape index (κ2) is 10.8. The number of nitrogens with one attached hydrogen (secondary N) is 3. The van der Waals surface area contributed by atoms with Gasteiger partial charge in [-0.25, -0.2) is 4.79 Å². The Morgan fingerprint density at radius 3 is 2.12 bits per heavy atom. The summed E-state index contributed by atoms with van der Waals surface area (Å²) in [6, 6.07) is -3.88. The van der Waals surface area contributed by atoms with Gasteiger partial charge in [-0.05, 0) is 6.92 Å². The van der Waals surface area contributed by atoms with Gasteiger partial charge in [0.05, 0.1) is 19.3 Å². The van der Waals surface area contributed by atoms with E-state index in [1.54, 1.807) is 0 Å². The van der Waals surface area contributed by atoms with Crippen LogP contribution in [0.25, 0.3) is 0 Å². The van der Waals surface area contributed by atoms with E-state index in [4.69, 9.17) is 15.9 Å². The summed E-state index contributed by atoms with van der Waals surface area (Å²) in [6.45, 7) is -0.0474. The third-order valence-electron chi connectivity index (χ3n) is 2.88. The minimum absolute atomic E-state index is 0.137. The Kier molecular flexibility index (Phi) is 9.95. The molecule has 138 valence electrons. The molecular weight excluding hydrogens is 344 g/mol. The minimum atomic E-state index is -1.38.